The summed E-state index contributed by atoms with van der Waals surface area (Å²) < 4.78 is 0.836. The van der Waals surface area contributed by atoms with Gasteiger partial charge in [-0.3, -0.25) is 4.79 Å². The fraction of sp³-hybridized carbons (Fsp3) is 0.389. The normalized spacial score (nSPS) is 10.5. The second-order valence-corrected chi connectivity index (χ2v) is 6.43. The van der Waals surface area contributed by atoms with Crippen molar-refractivity contribution in [2.24, 2.45) is 0 Å². The predicted molar refractivity (Wildman–Crippen MR) is 102 cm³/mol. The number of aromatic nitrogens is 2. The van der Waals surface area contributed by atoms with Crippen LogP contribution in [0, 0.1) is 6.92 Å². The molecule has 128 valence electrons. The van der Waals surface area contributed by atoms with Gasteiger partial charge in [-0.05, 0) is 47.8 Å². The first-order valence-electron chi connectivity index (χ1n) is 8.21. The van der Waals surface area contributed by atoms with Gasteiger partial charge in [-0.2, -0.15) is 0 Å². The molecular weight excluding hydrogens is 368 g/mol. The first-order chi connectivity index (χ1) is 11.5. The van der Waals surface area contributed by atoms with Crippen LogP contribution in [0.2, 0.25) is 0 Å². The average Bonchev–Trinajstić information content (AvgIpc) is 2.56. The van der Waals surface area contributed by atoms with Gasteiger partial charge in [0.05, 0.1) is 5.69 Å². The lowest BCUT2D eigenvalue weighted by Gasteiger charge is -2.23. The van der Waals surface area contributed by atoms with Crippen LogP contribution in [0.5, 0.6) is 0 Å². The number of benzene rings is 1. The third-order valence-electron chi connectivity index (χ3n) is 3.49. The van der Waals surface area contributed by atoms with Crippen LogP contribution in [-0.4, -0.2) is 29.0 Å². The second kappa shape index (κ2) is 8.78. The summed E-state index contributed by atoms with van der Waals surface area (Å²) in [5, 5.41) is 2.89. The third-order valence-corrected chi connectivity index (χ3v) is 4.18. The van der Waals surface area contributed by atoms with Gasteiger partial charge >= 0.3 is 0 Å². The van der Waals surface area contributed by atoms with Crippen molar-refractivity contribution >= 4 is 33.3 Å². The minimum absolute atomic E-state index is 0.235. The highest BCUT2D eigenvalue weighted by atomic mass is 79.9. The van der Waals surface area contributed by atoms with Crippen LogP contribution in [-0.2, 0) is 0 Å². The maximum Gasteiger partial charge on any atom is 0.274 e. The number of aryl methyl sites for hydroxylation is 1. The molecule has 0 spiro atoms. The minimum atomic E-state index is -0.235. The molecule has 1 N–H and O–H groups in total. The quantitative estimate of drug-likeness (QED) is 0.759. The van der Waals surface area contributed by atoms with Crippen molar-refractivity contribution in [3.05, 3.63) is 46.3 Å². The largest absolute Gasteiger partial charge is 0.357 e. The molecule has 0 radical (unpaired) electrons. The number of amides is 1. The second-order valence-electron chi connectivity index (χ2n) is 5.58. The number of rotatable bonds is 7. The fourth-order valence-corrected chi connectivity index (χ4v) is 2.84. The smallest absolute Gasteiger partial charge is 0.274 e. The molecule has 24 heavy (non-hydrogen) atoms. The third kappa shape index (κ3) is 4.77. The van der Waals surface area contributed by atoms with Crippen molar-refractivity contribution in [2.45, 2.75) is 33.6 Å². The van der Waals surface area contributed by atoms with Crippen molar-refractivity contribution < 1.29 is 4.79 Å². The zero-order valence-corrected chi connectivity index (χ0v) is 15.9. The Balaban J connectivity index is 2.26. The number of halogens is 1. The summed E-state index contributed by atoms with van der Waals surface area (Å²) in [5.41, 5.74) is 1.10. The molecule has 6 heteroatoms. The molecule has 1 aromatic carbocycles. The van der Waals surface area contributed by atoms with Gasteiger partial charge in [0.25, 0.3) is 5.91 Å². The lowest BCUT2D eigenvalue weighted by atomic mass is 10.2. The standard InChI is InChI=1S/C18H23BrN4O/c1-4-10-23(11-5-2)17-12-16(20-13(3)21-17)18(24)22-15-9-7-6-8-14(15)19/h6-9,12H,4-5,10-11H2,1-3H3,(H,22,24). The zero-order valence-electron chi connectivity index (χ0n) is 14.3. The van der Waals surface area contributed by atoms with E-state index in [0.29, 0.717) is 11.5 Å². The molecular formula is C18H23BrN4O. The Morgan fingerprint density at radius 1 is 1.17 bits per heavy atom. The summed E-state index contributed by atoms with van der Waals surface area (Å²) in [5.74, 6) is 1.17. The fourth-order valence-electron chi connectivity index (χ4n) is 2.46. The highest BCUT2D eigenvalue weighted by Crippen LogP contribution is 2.22. The summed E-state index contributed by atoms with van der Waals surface area (Å²) in [6, 6.07) is 9.28. The van der Waals surface area contributed by atoms with Crippen LogP contribution in [0.25, 0.3) is 0 Å². The van der Waals surface area contributed by atoms with Crippen LogP contribution in [0.15, 0.2) is 34.8 Å². The number of nitrogens with one attached hydrogen (secondary N) is 1. The number of carbonyl (C=O) groups is 1. The van der Waals surface area contributed by atoms with Gasteiger partial charge in [0.1, 0.15) is 17.3 Å². The lowest BCUT2D eigenvalue weighted by molar-refractivity contribution is 0.102. The first-order valence-corrected chi connectivity index (χ1v) is 9.01. The van der Waals surface area contributed by atoms with Crippen LogP contribution in [0.1, 0.15) is 43.0 Å². The van der Waals surface area contributed by atoms with E-state index in [2.05, 4.69) is 50.0 Å². The Bertz CT molecular complexity index is 699. The van der Waals surface area contributed by atoms with Gasteiger partial charge in [-0.15, -0.1) is 0 Å². The number of nitrogens with zero attached hydrogens (tertiary/aromatic N) is 3. The van der Waals surface area contributed by atoms with Crippen molar-refractivity contribution in [1.82, 2.24) is 9.97 Å². The number of para-hydroxylation sites is 1. The predicted octanol–water partition coefficient (Wildman–Crippen LogP) is 4.43. The number of carbonyl (C=O) groups excluding carboxylic acids is 1. The van der Waals surface area contributed by atoms with Gasteiger partial charge < -0.3 is 10.2 Å². The molecule has 1 aromatic heterocycles. The van der Waals surface area contributed by atoms with Gasteiger partial charge in [0, 0.05) is 23.6 Å². The van der Waals surface area contributed by atoms with E-state index >= 15 is 0 Å². The molecule has 0 atom stereocenters. The number of anilines is 2. The molecule has 0 fully saturated rings. The molecule has 1 heterocycles. The summed E-state index contributed by atoms with van der Waals surface area (Å²) in [4.78, 5) is 23.6. The Kier molecular flexibility index (Phi) is 6.73. The van der Waals surface area contributed by atoms with Gasteiger partial charge in [-0.25, -0.2) is 9.97 Å². The van der Waals surface area contributed by atoms with E-state index in [1.165, 1.54) is 0 Å². The zero-order chi connectivity index (χ0) is 17.5. The molecule has 2 rings (SSSR count). The molecule has 0 aliphatic heterocycles. The molecule has 0 saturated carbocycles. The van der Waals surface area contributed by atoms with Crippen LogP contribution >= 0.6 is 15.9 Å². The molecule has 0 unspecified atom stereocenters. The van der Waals surface area contributed by atoms with E-state index in [1.807, 2.05) is 31.2 Å². The van der Waals surface area contributed by atoms with E-state index < -0.39 is 0 Å². The van der Waals surface area contributed by atoms with E-state index in [1.54, 1.807) is 6.07 Å². The van der Waals surface area contributed by atoms with Crippen LogP contribution < -0.4 is 10.2 Å². The maximum atomic E-state index is 12.6. The van der Waals surface area contributed by atoms with Gasteiger partial charge in [-0.1, -0.05) is 26.0 Å². The van der Waals surface area contributed by atoms with Gasteiger partial charge in [0.2, 0.25) is 0 Å². The highest BCUT2D eigenvalue weighted by molar-refractivity contribution is 9.10. The van der Waals surface area contributed by atoms with Crippen molar-refractivity contribution in [3.63, 3.8) is 0 Å². The number of hydrogen-bond acceptors (Lipinski definition) is 4. The molecule has 2 aromatic rings. The van der Waals surface area contributed by atoms with Crippen molar-refractivity contribution in [2.75, 3.05) is 23.3 Å². The van der Waals surface area contributed by atoms with E-state index in [0.717, 1.165) is 41.9 Å². The van der Waals surface area contributed by atoms with Crippen molar-refractivity contribution in [3.8, 4) is 0 Å². The van der Waals surface area contributed by atoms with E-state index in [-0.39, 0.29) is 5.91 Å². The Hall–Kier alpha value is -1.95. The molecule has 0 bridgehead atoms. The van der Waals surface area contributed by atoms with E-state index in [4.69, 9.17) is 0 Å². The highest BCUT2D eigenvalue weighted by Gasteiger charge is 2.15. The molecule has 5 nitrogen and oxygen atoms in total. The minimum Gasteiger partial charge on any atom is -0.357 e. The topological polar surface area (TPSA) is 58.1 Å². The summed E-state index contributed by atoms with van der Waals surface area (Å²) in [6.45, 7) is 7.91. The first kappa shape index (κ1) is 18.4. The summed E-state index contributed by atoms with van der Waals surface area (Å²) in [7, 11) is 0. The Morgan fingerprint density at radius 2 is 1.83 bits per heavy atom. The van der Waals surface area contributed by atoms with Crippen LogP contribution in [0.3, 0.4) is 0 Å². The molecule has 0 saturated heterocycles. The van der Waals surface area contributed by atoms with Crippen molar-refractivity contribution in [1.29, 1.82) is 0 Å². The van der Waals surface area contributed by atoms with Gasteiger partial charge in [0.15, 0.2) is 0 Å². The summed E-state index contributed by atoms with van der Waals surface area (Å²) in [6.07, 6.45) is 2.06. The lowest BCUT2D eigenvalue weighted by Crippen LogP contribution is -2.27. The van der Waals surface area contributed by atoms with E-state index in [9.17, 15) is 4.79 Å². The maximum absolute atomic E-state index is 12.6. The Labute approximate surface area is 151 Å². The number of hydrogen-bond donors (Lipinski definition) is 1. The summed E-state index contributed by atoms with van der Waals surface area (Å²) >= 11 is 3.43. The molecule has 1 amide bonds. The van der Waals surface area contributed by atoms with Crippen LogP contribution in [0.4, 0.5) is 11.5 Å². The molecule has 0 aliphatic carbocycles. The molecule has 0 aliphatic rings. The average molecular weight is 391 g/mol. The monoisotopic (exact) mass is 390 g/mol. The SMILES string of the molecule is CCCN(CCC)c1cc(C(=O)Nc2ccccc2Br)nc(C)n1. The Morgan fingerprint density at radius 3 is 2.46 bits per heavy atom.